The standard InChI is InChI=1S/C18H25BrIN/c1-2-7-21-18(16-11-15(19)5-6-17(16)20)10-14-9-12-3-4-13(14)8-12/h5-6,11-14,18,21H,2-4,7-10H2,1H3. The number of hydrogen-bond donors (Lipinski definition) is 1. The van der Waals surface area contributed by atoms with Crippen molar-refractivity contribution in [3.63, 3.8) is 0 Å². The molecule has 21 heavy (non-hydrogen) atoms. The molecule has 1 N–H and O–H groups in total. The van der Waals surface area contributed by atoms with Gasteiger partial charge in [-0.05, 0) is 103 Å². The Morgan fingerprint density at radius 3 is 2.86 bits per heavy atom. The van der Waals surface area contributed by atoms with Crippen LogP contribution in [0.4, 0.5) is 0 Å². The van der Waals surface area contributed by atoms with Crippen LogP contribution in [0.25, 0.3) is 0 Å². The second-order valence-corrected chi connectivity index (χ2v) is 8.92. The molecule has 4 atom stereocenters. The number of fused-ring (bicyclic) bond motifs is 2. The molecule has 0 aromatic heterocycles. The van der Waals surface area contributed by atoms with Gasteiger partial charge in [0.15, 0.2) is 0 Å². The molecule has 2 aliphatic rings. The Kier molecular flexibility index (Phi) is 5.66. The Bertz CT molecular complexity index is 490. The van der Waals surface area contributed by atoms with Crippen LogP contribution in [0.1, 0.15) is 57.1 Å². The van der Waals surface area contributed by atoms with Gasteiger partial charge in [-0.1, -0.05) is 29.3 Å². The Morgan fingerprint density at radius 2 is 2.19 bits per heavy atom. The summed E-state index contributed by atoms with van der Waals surface area (Å²) in [5, 5.41) is 3.81. The highest BCUT2D eigenvalue weighted by Crippen LogP contribution is 2.51. The lowest BCUT2D eigenvalue weighted by atomic mass is 9.82. The minimum Gasteiger partial charge on any atom is -0.310 e. The molecule has 3 heteroatoms. The minimum atomic E-state index is 0.527. The van der Waals surface area contributed by atoms with Gasteiger partial charge in [0, 0.05) is 14.1 Å². The van der Waals surface area contributed by atoms with E-state index < -0.39 is 0 Å². The molecule has 0 heterocycles. The van der Waals surface area contributed by atoms with E-state index >= 15 is 0 Å². The van der Waals surface area contributed by atoms with Crippen molar-refractivity contribution in [1.82, 2.24) is 5.32 Å². The second kappa shape index (κ2) is 7.31. The van der Waals surface area contributed by atoms with Gasteiger partial charge in [0.1, 0.15) is 0 Å². The third kappa shape index (κ3) is 3.84. The summed E-state index contributed by atoms with van der Waals surface area (Å²) >= 11 is 6.14. The molecule has 116 valence electrons. The molecule has 0 spiro atoms. The average molecular weight is 462 g/mol. The fourth-order valence-corrected chi connectivity index (χ4v) is 5.48. The van der Waals surface area contributed by atoms with Crippen molar-refractivity contribution >= 4 is 38.5 Å². The van der Waals surface area contributed by atoms with Crippen LogP contribution in [0.5, 0.6) is 0 Å². The summed E-state index contributed by atoms with van der Waals surface area (Å²) in [6, 6.07) is 7.24. The van der Waals surface area contributed by atoms with Gasteiger partial charge in [0.05, 0.1) is 0 Å². The quantitative estimate of drug-likeness (QED) is 0.518. The molecule has 2 bridgehead atoms. The molecule has 1 aromatic carbocycles. The molecule has 0 amide bonds. The second-order valence-electron chi connectivity index (χ2n) is 6.84. The van der Waals surface area contributed by atoms with Crippen LogP contribution in [0.15, 0.2) is 22.7 Å². The van der Waals surface area contributed by atoms with Crippen molar-refractivity contribution in [2.75, 3.05) is 6.54 Å². The van der Waals surface area contributed by atoms with E-state index in [-0.39, 0.29) is 0 Å². The molecular weight excluding hydrogens is 437 g/mol. The first-order chi connectivity index (χ1) is 10.2. The van der Waals surface area contributed by atoms with E-state index in [0.29, 0.717) is 6.04 Å². The molecule has 1 aromatic rings. The fraction of sp³-hybridized carbons (Fsp3) is 0.667. The average Bonchev–Trinajstić information content (AvgIpc) is 3.08. The normalized spacial score (nSPS) is 29.0. The smallest absolute Gasteiger partial charge is 0.0333 e. The van der Waals surface area contributed by atoms with E-state index in [1.807, 2.05) is 0 Å². The lowest BCUT2D eigenvalue weighted by molar-refractivity contribution is 0.279. The Balaban J connectivity index is 1.75. The number of rotatable bonds is 6. The first-order valence-corrected chi connectivity index (χ1v) is 10.2. The van der Waals surface area contributed by atoms with Gasteiger partial charge in [-0.3, -0.25) is 0 Å². The van der Waals surface area contributed by atoms with Crippen LogP contribution in [0.2, 0.25) is 0 Å². The molecule has 0 saturated heterocycles. The van der Waals surface area contributed by atoms with Crippen LogP contribution >= 0.6 is 38.5 Å². The summed E-state index contributed by atoms with van der Waals surface area (Å²) in [6.07, 6.45) is 8.53. The van der Waals surface area contributed by atoms with E-state index in [2.05, 4.69) is 69.0 Å². The van der Waals surface area contributed by atoms with Crippen molar-refractivity contribution in [1.29, 1.82) is 0 Å². The van der Waals surface area contributed by atoms with E-state index in [1.54, 1.807) is 0 Å². The van der Waals surface area contributed by atoms with Gasteiger partial charge in [-0.15, -0.1) is 0 Å². The predicted octanol–water partition coefficient (Wildman–Crippen LogP) is 5.92. The molecule has 3 rings (SSSR count). The maximum absolute atomic E-state index is 3.81. The molecule has 2 fully saturated rings. The molecule has 2 aliphatic carbocycles. The zero-order valence-corrected chi connectivity index (χ0v) is 16.5. The molecular formula is C18H25BrIN. The number of benzene rings is 1. The van der Waals surface area contributed by atoms with Gasteiger partial charge >= 0.3 is 0 Å². The summed E-state index contributed by atoms with van der Waals surface area (Å²) in [7, 11) is 0. The van der Waals surface area contributed by atoms with Gasteiger partial charge < -0.3 is 5.32 Å². The maximum Gasteiger partial charge on any atom is 0.0333 e. The summed E-state index contributed by atoms with van der Waals surface area (Å²) < 4.78 is 2.60. The highest BCUT2D eigenvalue weighted by molar-refractivity contribution is 14.1. The van der Waals surface area contributed by atoms with Crippen molar-refractivity contribution < 1.29 is 0 Å². The zero-order chi connectivity index (χ0) is 14.8. The summed E-state index contributed by atoms with van der Waals surface area (Å²) in [5.41, 5.74) is 1.49. The third-order valence-corrected chi connectivity index (χ3v) is 6.87. The van der Waals surface area contributed by atoms with E-state index in [9.17, 15) is 0 Å². The van der Waals surface area contributed by atoms with Crippen molar-refractivity contribution in [2.24, 2.45) is 17.8 Å². The van der Waals surface area contributed by atoms with Crippen LogP contribution in [0, 0.1) is 21.3 Å². The number of nitrogens with one attached hydrogen (secondary N) is 1. The Morgan fingerprint density at radius 1 is 1.33 bits per heavy atom. The first kappa shape index (κ1) is 16.3. The highest BCUT2D eigenvalue weighted by Gasteiger charge is 2.40. The number of hydrogen-bond acceptors (Lipinski definition) is 1. The van der Waals surface area contributed by atoms with Gasteiger partial charge in [0.2, 0.25) is 0 Å². The van der Waals surface area contributed by atoms with Crippen LogP contribution in [0.3, 0.4) is 0 Å². The zero-order valence-electron chi connectivity index (χ0n) is 12.7. The predicted molar refractivity (Wildman–Crippen MR) is 101 cm³/mol. The lowest BCUT2D eigenvalue weighted by Crippen LogP contribution is -2.27. The third-order valence-electron chi connectivity index (χ3n) is 5.40. The molecule has 0 aliphatic heterocycles. The van der Waals surface area contributed by atoms with Gasteiger partial charge in [-0.2, -0.15) is 0 Å². The molecule has 1 nitrogen and oxygen atoms in total. The van der Waals surface area contributed by atoms with Crippen molar-refractivity contribution in [3.05, 3.63) is 31.8 Å². The van der Waals surface area contributed by atoms with Gasteiger partial charge in [0.25, 0.3) is 0 Å². The monoisotopic (exact) mass is 461 g/mol. The van der Waals surface area contributed by atoms with E-state index in [4.69, 9.17) is 0 Å². The minimum absolute atomic E-state index is 0.527. The largest absolute Gasteiger partial charge is 0.310 e. The maximum atomic E-state index is 3.81. The molecule has 0 radical (unpaired) electrons. The highest BCUT2D eigenvalue weighted by atomic mass is 127. The van der Waals surface area contributed by atoms with Gasteiger partial charge in [-0.25, -0.2) is 0 Å². The molecule has 4 unspecified atom stereocenters. The Hall–Kier alpha value is 0.390. The number of halogens is 2. The van der Waals surface area contributed by atoms with Crippen molar-refractivity contribution in [3.8, 4) is 0 Å². The van der Waals surface area contributed by atoms with E-state index in [1.165, 1.54) is 52.1 Å². The lowest BCUT2D eigenvalue weighted by Gasteiger charge is -2.28. The van der Waals surface area contributed by atoms with Crippen LogP contribution in [-0.4, -0.2) is 6.54 Å². The Labute approximate surface area is 150 Å². The van der Waals surface area contributed by atoms with Crippen LogP contribution < -0.4 is 5.32 Å². The topological polar surface area (TPSA) is 12.0 Å². The van der Waals surface area contributed by atoms with Crippen molar-refractivity contribution in [2.45, 2.75) is 51.5 Å². The molecule has 2 saturated carbocycles. The summed E-state index contributed by atoms with van der Waals surface area (Å²) in [6.45, 7) is 3.38. The van der Waals surface area contributed by atoms with E-state index in [0.717, 1.165) is 24.3 Å². The first-order valence-electron chi connectivity index (χ1n) is 8.35. The SMILES string of the molecule is CCCNC(CC1CC2CCC1C2)c1cc(Br)ccc1I. The summed E-state index contributed by atoms with van der Waals surface area (Å²) in [4.78, 5) is 0. The summed E-state index contributed by atoms with van der Waals surface area (Å²) in [5.74, 6) is 3.02. The fourth-order valence-electron chi connectivity index (χ4n) is 4.39. The van der Waals surface area contributed by atoms with Crippen LogP contribution in [-0.2, 0) is 0 Å².